The van der Waals surface area contributed by atoms with Crippen molar-refractivity contribution in [3.05, 3.63) is 94.5 Å². The molecule has 1 amide bonds. The Hall–Kier alpha value is -2.88. The summed E-state index contributed by atoms with van der Waals surface area (Å²) < 4.78 is 67.0. The van der Waals surface area contributed by atoms with E-state index < -0.39 is 27.7 Å². The van der Waals surface area contributed by atoms with E-state index in [9.17, 15) is 26.4 Å². The molecule has 3 rings (SSSR count). The van der Waals surface area contributed by atoms with E-state index in [1.807, 2.05) is 30.3 Å². The van der Waals surface area contributed by atoms with Crippen molar-refractivity contribution in [2.75, 3.05) is 11.9 Å². The lowest BCUT2D eigenvalue weighted by molar-refractivity contribution is -0.137. The summed E-state index contributed by atoms with van der Waals surface area (Å²) in [7, 11) is -3.69. The molecular weight excluding hydrogens is 489 g/mol. The van der Waals surface area contributed by atoms with Gasteiger partial charge in [-0.25, -0.2) is 13.1 Å². The highest BCUT2D eigenvalue weighted by atomic mass is 35.5. The molecule has 10 heteroatoms. The number of amides is 1. The van der Waals surface area contributed by atoms with Crippen LogP contribution in [0.15, 0.2) is 77.7 Å². The molecule has 0 aliphatic carbocycles. The summed E-state index contributed by atoms with van der Waals surface area (Å²) in [6.07, 6.45) is -3.97. The lowest BCUT2D eigenvalue weighted by Gasteiger charge is -2.14. The van der Waals surface area contributed by atoms with Crippen LogP contribution < -0.4 is 10.0 Å². The first-order chi connectivity index (χ1) is 16.0. The Balaban J connectivity index is 1.54. The molecule has 0 aromatic heterocycles. The molecular formula is C24H22ClF3N2O3S. The monoisotopic (exact) mass is 510 g/mol. The van der Waals surface area contributed by atoms with Gasteiger partial charge in [0.1, 0.15) is 0 Å². The van der Waals surface area contributed by atoms with Crippen LogP contribution in [0.25, 0.3) is 0 Å². The topological polar surface area (TPSA) is 75.3 Å². The summed E-state index contributed by atoms with van der Waals surface area (Å²) in [6, 6.07) is 18.6. The minimum Gasteiger partial charge on any atom is -0.325 e. The molecule has 3 aromatic rings. The van der Waals surface area contributed by atoms with Crippen LogP contribution in [0.5, 0.6) is 0 Å². The zero-order chi connectivity index (χ0) is 24.8. The highest BCUT2D eigenvalue weighted by Crippen LogP contribution is 2.36. The third-order valence-corrected chi connectivity index (χ3v) is 6.70. The van der Waals surface area contributed by atoms with Crippen LogP contribution >= 0.6 is 11.6 Å². The molecule has 0 unspecified atom stereocenters. The molecule has 2 N–H and O–H groups in total. The van der Waals surface area contributed by atoms with Gasteiger partial charge in [-0.1, -0.05) is 54.1 Å². The van der Waals surface area contributed by atoms with Crippen molar-refractivity contribution in [1.29, 1.82) is 0 Å². The molecule has 180 valence electrons. The quantitative estimate of drug-likeness (QED) is 0.402. The number of nitrogens with one attached hydrogen (secondary N) is 2. The van der Waals surface area contributed by atoms with Crippen LogP contribution in [0.4, 0.5) is 18.9 Å². The fourth-order valence-corrected chi connectivity index (χ4v) is 4.43. The Morgan fingerprint density at radius 2 is 1.53 bits per heavy atom. The van der Waals surface area contributed by atoms with Crippen molar-refractivity contribution in [2.45, 2.75) is 30.3 Å². The average molecular weight is 511 g/mol. The minimum absolute atomic E-state index is 0.0820. The minimum atomic E-state index is -4.66. The van der Waals surface area contributed by atoms with E-state index in [1.165, 1.54) is 18.2 Å². The number of carbonyl (C=O) groups is 1. The molecule has 0 saturated carbocycles. The number of hydrogen-bond acceptors (Lipinski definition) is 3. The number of rotatable bonds is 9. The van der Waals surface area contributed by atoms with E-state index in [-0.39, 0.29) is 35.0 Å². The van der Waals surface area contributed by atoms with E-state index in [0.717, 1.165) is 17.7 Å². The number of sulfonamides is 1. The van der Waals surface area contributed by atoms with Gasteiger partial charge in [-0.05, 0) is 54.3 Å². The van der Waals surface area contributed by atoms with Crippen molar-refractivity contribution >= 4 is 33.2 Å². The van der Waals surface area contributed by atoms with Crippen molar-refractivity contribution in [3.8, 4) is 0 Å². The first-order valence-corrected chi connectivity index (χ1v) is 12.2. The summed E-state index contributed by atoms with van der Waals surface area (Å²) >= 11 is 5.64. The van der Waals surface area contributed by atoms with Crippen molar-refractivity contribution in [1.82, 2.24) is 4.72 Å². The highest BCUT2D eigenvalue weighted by molar-refractivity contribution is 7.89. The molecule has 0 saturated heterocycles. The van der Waals surface area contributed by atoms with Gasteiger partial charge >= 0.3 is 6.18 Å². The Kier molecular flexibility index (Phi) is 8.35. The Bertz CT molecular complexity index is 1230. The summed E-state index contributed by atoms with van der Waals surface area (Å²) in [6.45, 7) is 0.249. The van der Waals surface area contributed by atoms with Gasteiger partial charge in [0.2, 0.25) is 15.9 Å². The fourth-order valence-electron chi connectivity index (χ4n) is 3.22. The predicted molar refractivity (Wildman–Crippen MR) is 125 cm³/mol. The summed E-state index contributed by atoms with van der Waals surface area (Å²) in [5.41, 5.74) is 0.290. The maximum Gasteiger partial charge on any atom is 0.418 e. The van der Waals surface area contributed by atoms with Crippen LogP contribution in [-0.4, -0.2) is 20.9 Å². The van der Waals surface area contributed by atoms with Crippen LogP contribution in [0.1, 0.15) is 23.1 Å². The van der Waals surface area contributed by atoms with Gasteiger partial charge in [0.25, 0.3) is 0 Å². The molecule has 0 atom stereocenters. The molecule has 0 spiro atoms. The third-order valence-electron chi connectivity index (χ3n) is 4.98. The molecule has 5 nitrogen and oxygen atoms in total. The van der Waals surface area contributed by atoms with Gasteiger partial charge in [0.15, 0.2) is 0 Å². The standard InChI is InChI=1S/C24H22ClF3N2O3S/c25-19-9-12-22(21(16-19)24(26,27)28)30-23(31)13-8-18-6-10-20(11-7-18)34(32,33)29-15-14-17-4-2-1-3-5-17/h1-7,9-12,16,29H,8,13-15H2,(H,30,31). The molecule has 0 bridgehead atoms. The molecule has 34 heavy (non-hydrogen) atoms. The molecule has 0 fully saturated rings. The van der Waals surface area contributed by atoms with E-state index in [4.69, 9.17) is 11.6 Å². The number of carbonyl (C=O) groups excluding carboxylic acids is 1. The maximum absolute atomic E-state index is 13.2. The summed E-state index contributed by atoms with van der Waals surface area (Å²) in [4.78, 5) is 12.3. The van der Waals surface area contributed by atoms with E-state index in [1.54, 1.807) is 12.1 Å². The largest absolute Gasteiger partial charge is 0.418 e. The number of hydrogen-bond donors (Lipinski definition) is 2. The predicted octanol–water partition coefficient (Wildman–Crippen LogP) is 5.45. The number of alkyl halides is 3. The zero-order valence-electron chi connectivity index (χ0n) is 17.9. The number of anilines is 1. The molecule has 0 aliphatic heterocycles. The fraction of sp³-hybridized carbons (Fsp3) is 0.208. The summed E-state index contributed by atoms with van der Waals surface area (Å²) in [5.74, 6) is -0.605. The van der Waals surface area contributed by atoms with Crippen LogP contribution in [0, 0.1) is 0 Å². The first-order valence-electron chi connectivity index (χ1n) is 10.3. The second-order valence-electron chi connectivity index (χ2n) is 7.51. The molecule has 0 heterocycles. The molecule has 3 aromatic carbocycles. The van der Waals surface area contributed by atoms with Crippen molar-refractivity contribution in [2.24, 2.45) is 0 Å². The zero-order valence-corrected chi connectivity index (χ0v) is 19.5. The Labute approximate surface area is 201 Å². The number of benzene rings is 3. The van der Waals surface area contributed by atoms with E-state index in [2.05, 4.69) is 10.0 Å². The van der Waals surface area contributed by atoms with Gasteiger partial charge in [-0.15, -0.1) is 0 Å². The van der Waals surface area contributed by atoms with Crippen molar-refractivity contribution in [3.63, 3.8) is 0 Å². The second-order valence-corrected chi connectivity index (χ2v) is 9.72. The van der Waals surface area contributed by atoms with E-state index >= 15 is 0 Å². The molecule has 0 aliphatic rings. The lowest BCUT2D eigenvalue weighted by atomic mass is 10.1. The van der Waals surface area contributed by atoms with Crippen LogP contribution in [0.2, 0.25) is 5.02 Å². The van der Waals surface area contributed by atoms with E-state index in [0.29, 0.717) is 12.0 Å². The average Bonchev–Trinajstić information content (AvgIpc) is 2.79. The number of aryl methyl sites for hydroxylation is 1. The van der Waals surface area contributed by atoms with Gasteiger partial charge in [-0.2, -0.15) is 13.2 Å². The SMILES string of the molecule is O=C(CCc1ccc(S(=O)(=O)NCCc2ccccc2)cc1)Nc1ccc(Cl)cc1C(F)(F)F. The van der Waals surface area contributed by atoms with Crippen LogP contribution in [0.3, 0.4) is 0 Å². The smallest absolute Gasteiger partial charge is 0.325 e. The second kappa shape index (κ2) is 11.0. The third kappa shape index (κ3) is 7.31. The normalized spacial score (nSPS) is 11.9. The van der Waals surface area contributed by atoms with Crippen molar-refractivity contribution < 1.29 is 26.4 Å². The van der Waals surface area contributed by atoms with Gasteiger partial charge in [-0.3, -0.25) is 4.79 Å². The Morgan fingerprint density at radius 1 is 0.882 bits per heavy atom. The van der Waals surface area contributed by atoms with Crippen LogP contribution in [-0.2, 0) is 33.8 Å². The number of halogens is 4. The van der Waals surface area contributed by atoms with Gasteiger partial charge in [0, 0.05) is 18.0 Å². The summed E-state index contributed by atoms with van der Waals surface area (Å²) in [5, 5.41) is 2.18. The van der Waals surface area contributed by atoms with Gasteiger partial charge in [0.05, 0.1) is 16.1 Å². The first kappa shape index (κ1) is 25.7. The van der Waals surface area contributed by atoms with Gasteiger partial charge < -0.3 is 5.32 Å². The molecule has 0 radical (unpaired) electrons. The maximum atomic E-state index is 13.2. The highest BCUT2D eigenvalue weighted by Gasteiger charge is 2.34. The Morgan fingerprint density at radius 3 is 2.18 bits per heavy atom. The lowest BCUT2D eigenvalue weighted by Crippen LogP contribution is -2.26.